The molecule has 0 radical (unpaired) electrons. The summed E-state index contributed by atoms with van der Waals surface area (Å²) in [6.07, 6.45) is 1.47. The van der Waals surface area contributed by atoms with E-state index in [1.54, 1.807) is 19.9 Å². The molecule has 1 aliphatic carbocycles. The number of thioether (sulfide) groups is 1. The van der Waals surface area contributed by atoms with E-state index in [9.17, 15) is 19.5 Å². The fraction of sp³-hybridized carbons (Fsp3) is 0.444. The van der Waals surface area contributed by atoms with Crippen LogP contribution in [-0.2, 0) is 11.2 Å². The monoisotopic (exact) mass is 423 g/mol. The molecule has 2 aromatic rings. The lowest BCUT2D eigenvalue weighted by molar-refractivity contribution is -0.119. The van der Waals surface area contributed by atoms with E-state index in [1.807, 2.05) is 0 Å². The van der Waals surface area contributed by atoms with E-state index in [0.29, 0.717) is 6.42 Å². The number of aromatic nitrogens is 2. The van der Waals surface area contributed by atoms with Crippen molar-refractivity contribution in [3.8, 4) is 0 Å². The largest absolute Gasteiger partial charge is 0.409 e. The maximum absolute atomic E-state index is 13.6. The summed E-state index contributed by atoms with van der Waals surface area (Å²) in [5.74, 6) is -0.612. The number of nitrogens with zero attached hydrogens (tertiary/aromatic N) is 3. The van der Waals surface area contributed by atoms with Gasteiger partial charge in [0.25, 0.3) is 0 Å². The molecule has 1 aliphatic rings. The molecular formula is C18H22FN5O4S. The van der Waals surface area contributed by atoms with Gasteiger partial charge in [-0.3, -0.25) is 4.79 Å². The van der Waals surface area contributed by atoms with Gasteiger partial charge in [-0.05, 0) is 60.3 Å². The number of amides is 1. The van der Waals surface area contributed by atoms with Crippen LogP contribution in [0.4, 0.5) is 4.39 Å². The number of amidine groups is 1. The Morgan fingerprint density at radius 1 is 1.45 bits per heavy atom. The maximum atomic E-state index is 13.6. The minimum absolute atomic E-state index is 0.00742. The van der Waals surface area contributed by atoms with E-state index < -0.39 is 5.60 Å². The molecule has 9 nitrogen and oxygen atoms in total. The molecule has 1 aromatic carbocycles. The summed E-state index contributed by atoms with van der Waals surface area (Å²) in [6, 6.07) is 4.37. The maximum Gasteiger partial charge on any atom is 0.230 e. The highest BCUT2D eigenvalue weighted by Crippen LogP contribution is 2.32. The SMILES string of the molecule is CC(C)(O)CNC(=O)CSc1nonc1/C(=N/O)NC1CCc2ccc(F)cc21. The van der Waals surface area contributed by atoms with Gasteiger partial charge in [0.1, 0.15) is 5.82 Å². The second-order valence-corrected chi connectivity index (χ2v) is 8.29. The number of nitrogens with one attached hydrogen (secondary N) is 2. The lowest BCUT2D eigenvalue weighted by atomic mass is 10.1. The Morgan fingerprint density at radius 2 is 2.24 bits per heavy atom. The van der Waals surface area contributed by atoms with Crippen LogP contribution in [0.2, 0.25) is 0 Å². The van der Waals surface area contributed by atoms with Crippen molar-refractivity contribution < 1.29 is 24.1 Å². The summed E-state index contributed by atoms with van der Waals surface area (Å²) in [7, 11) is 0. The summed E-state index contributed by atoms with van der Waals surface area (Å²) in [5, 5.41) is 35.8. The third-order valence-electron chi connectivity index (χ3n) is 4.34. The smallest absolute Gasteiger partial charge is 0.230 e. The van der Waals surface area contributed by atoms with Crippen molar-refractivity contribution in [1.82, 2.24) is 20.9 Å². The summed E-state index contributed by atoms with van der Waals surface area (Å²) < 4.78 is 18.3. The van der Waals surface area contributed by atoms with Crippen molar-refractivity contribution in [3.05, 3.63) is 40.8 Å². The second kappa shape index (κ2) is 8.78. The zero-order valence-corrected chi connectivity index (χ0v) is 16.8. The highest BCUT2D eigenvalue weighted by molar-refractivity contribution is 8.00. The van der Waals surface area contributed by atoms with Crippen LogP contribution in [0.3, 0.4) is 0 Å². The molecule has 0 fully saturated rings. The van der Waals surface area contributed by atoms with E-state index in [0.717, 1.165) is 29.3 Å². The molecule has 156 valence electrons. The van der Waals surface area contributed by atoms with Crippen molar-refractivity contribution in [2.24, 2.45) is 5.16 Å². The van der Waals surface area contributed by atoms with E-state index in [-0.39, 0.29) is 46.6 Å². The van der Waals surface area contributed by atoms with Crippen molar-refractivity contribution in [1.29, 1.82) is 0 Å². The van der Waals surface area contributed by atoms with Crippen LogP contribution in [0, 0.1) is 5.82 Å². The Kier molecular flexibility index (Phi) is 6.38. The Labute approximate surface area is 170 Å². The van der Waals surface area contributed by atoms with Crippen LogP contribution in [-0.4, -0.2) is 50.3 Å². The first-order valence-electron chi connectivity index (χ1n) is 8.98. The van der Waals surface area contributed by atoms with Gasteiger partial charge in [0.05, 0.1) is 17.4 Å². The molecule has 4 N–H and O–H groups in total. The fourth-order valence-corrected chi connectivity index (χ4v) is 3.68. The van der Waals surface area contributed by atoms with E-state index in [2.05, 4.69) is 26.1 Å². The van der Waals surface area contributed by atoms with Crippen molar-refractivity contribution in [2.45, 2.75) is 43.4 Å². The van der Waals surface area contributed by atoms with Gasteiger partial charge in [0, 0.05) is 6.54 Å². The number of carbonyl (C=O) groups excluding carboxylic acids is 1. The molecule has 0 bridgehead atoms. The molecule has 0 saturated heterocycles. The predicted molar refractivity (Wildman–Crippen MR) is 103 cm³/mol. The number of oxime groups is 1. The number of aliphatic hydroxyl groups is 1. The summed E-state index contributed by atoms with van der Waals surface area (Å²) in [4.78, 5) is 11.9. The van der Waals surface area contributed by atoms with Crippen LogP contribution in [0.25, 0.3) is 0 Å². The first kappa shape index (κ1) is 21.1. The molecule has 1 heterocycles. The summed E-state index contributed by atoms with van der Waals surface area (Å²) in [5.41, 5.74) is 0.955. The van der Waals surface area contributed by atoms with Gasteiger partial charge in [0.15, 0.2) is 16.6 Å². The number of fused-ring (bicyclic) bond motifs is 1. The Hall–Kier alpha value is -2.66. The van der Waals surface area contributed by atoms with Crippen molar-refractivity contribution in [2.75, 3.05) is 12.3 Å². The van der Waals surface area contributed by atoms with Crippen LogP contribution >= 0.6 is 11.8 Å². The second-order valence-electron chi connectivity index (χ2n) is 7.32. The van der Waals surface area contributed by atoms with Gasteiger partial charge in [-0.1, -0.05) is 23.0 Å². The minimum atomic E-state index is -1.02. The van der Waals surface area contributed by atoms with Gasteiger partial charge in [-0.25, -0.2) is 9.02 Å². The summed E-state index contributed by atoms with van der Waals surface area (Å²) >= 11 is 1.05. The van der Waals surface area contributed by atoms with Gasteiger partial charge in [0.2, 0.25) is 5.91 Å². The molecule has 0 saturated carbocycles. The molecule has 0 spiro atoms. The number of halogens is 1. The van der Waals surface area contributed by atoms with Crippen molar-refractivity contribution in [3.63, 3.8) is 0 Å². The number of aryl methyl sites for hydroxylation is 1. The highest BCUT2D eigenvalue weighted by Gasteiger charge is 2.27. The molecule has 1 aromatic heterocycles. The first-order chi connectivity index (χ1) is 13.8. The van der Waals surface area contributed by atoms with Gasteiger partial charge >= 0.3 is 0 Å². The van der Waals surface area contributed by atoms with Crippen LogP contribution < -0.4 is 10.6 Å². The van der Waals surface area contributed by atoms with Crippen LogP contribution in [0.15, 0.2) is 33.0 Å². The Balaban J connectivity index is 1.65. The van der Waals surface area contributed by atoms with Gasteiger partial charge in [-0.2, -0.15) is 0 Å². The molecule has 1 atom stereocenters. The van der Waals surface area contributed by atoms with Gasteiger partial charge < -0.3 is 20.9 Å². The standard InChI is InChI=1S/C18H22FN5O4S/c1-18(2,26)9-20-14(25)8-29-17-15(23-28-24-17)16(22-27)21-13-6-4-10-3-5-11(19)7-12(10)13/h3,5,7,13,26-27H,4,6,8-9H2,1-2H3,(H,20,25)(H,21,22). The van der Waals surface area contributed by atoms with E-state index in [1.165, 1.54) is 12.1 Å². The number of carbonyl (C=O) groups is 1. The van der Waals surface area contributed by atoms with Gasteiger partial charge in [-0.15, -0.1) is 0 Å². The quantitative estimate of drug-likeness (QED) is 0.174. The normalized spacial score (nSPS) is 16.6. The average Bonchev–Trinajstić information content (AvgIpc) is 3.28. The van der Waals surface area contributed by atoms with E-state index in [4.69, 9.17) is 4.63 Å². The molecule has 1 amide bonds. The zero-order valence-electron chi connectivity index (χ0n) is 16.0. The molecule has 3 rings (SSSR count). The average molecular weight is 423 g/mol. The third-order valence-corrected chi connectivity index (χ3v) is 5.29. The predicted octanol–water partition coefficient (Wildman–Crippen LogP) is 1.60. The van der Waals surface area contributed by atoms with Crippen LogP contribution in [0.5, 0.6) is 0 Å². The minimum Gasteiger partial charge on any atom is -0.409 e. The Morgan fingerprint density at radius 3 is 2.97 bits per heavy atom. The first-order valence-corrected chi connectivity index (χ1v) is 9.97. The van der Waals surface area contributed by atoms with Crippen LogP contribution in [0.1, 0.15) is 43.1 Å². The number of hydrogen-bond acceptors (Lipinski definition) is 8. The molecule has 29 heavy (non-hydrogen) atoms. The number of benzene rings is 1. The topological polar surface area (TPSA) is 133 Å². The molecular weight excluding hydrogens is 401 g/mol. The molecule has 1 unspecified atom stereocenters. The lowest BCUT2D eigenvalue weighted by Crippen LogP contribution is -2.39. The Bertz CT molecular complexity index is 912. The molecule has 0 aliphatic heterocycles. The third kappa shape index (κ3) is 5.45. The highest BCUT2D eigenvalue weighted by atomic mass is 32.2. The fourth-order valence-electron chi connectivity index (χ4n) is 2.95. The van der Waals surface area contributed by atoms with E-state index >= 15 is 0 Å². The molecule has 11 heteroatoms. The number of hydrogen-bond donors (Lipinski definition) is 4. The zero-order chi connectivity index (χ0) is 21.0. The number of rotatable bonds is 7. The lowest BCUT2D eigenvalue weighted by Gasteiger charge is -2.17. The van der Waals surface area contributed by atoms with Crippen molar-refractivity contribution >= 4 is 23.5 Å². The summed E-state index contributed by atoms with van der Waals surface area (Å²) in [6.45, 7) is 3.28.